The topological polar surface area (TPSA) is 30.5 Å². The summed E-state index contributed by atoms with van der Waals surface area (Å²) in [4.78, 5) is 0. The Kier molecular flexibility index (Phi) is 7.68. The summed E-state index contributed by atoms with van der Waals surface area (Å²) in [5.74, 6) is 1.40. The Labute approximate surface area is 121 Å². The summed E-state index contributed by atoms with van der Waals surface area (Å²) < 4.78 is 11.4. The van der Waals surface area contributed by atoms with Crippen LogP contribution in [0.5, 0.6) is 11.5 Å². The van der Waals surface area contributed by atoms with Gasteiger partial charge in [0.2, 0.25) is 0 Å². The van der Waals surface area contributed by atoms with Crippen molar-refractivity contribution in [1.29, 1.82) is 0 Å². The first-order chi connectivity index (χ1) is 9.22. The van der Waals surface area contributed by atoms with Gasteiger partial charge in [-0.2, -0.15) is 0 Å². The lowest BCUT2D eigenvalue weighted by Crippen LogP contribution is -2.07. The molecule has 0 saturated carbocycles. The van der Waals surface area contributed by atoms with Gasteiger partial charge in [0, 0.05) is 6.54 Å². The Morgan fingerprint density at radius 3 is 2.58 bits per heavy atom. The SMILES string of the molecule is CCCCCOc1c(Cl)cc(CNC)cc1OCC. The quantitative estimate of drug-likeness (QED) is 0.695. The summed E-state index contributed by atoms with van der Waals surface area (Å²) in [6.45, 7) is 6.17. The number of benzene rings is 1. The summed E-state index contributed by atoms with van der Waals surface area (Å²) >= 11 is 6.29. The monoisotopic (exact) mass is 285 g/mol. The van der Waals surface area contributed by atoms with Crippen LogP contribution in [-0.4, -0.2) is 20.3 Å². The van der Waals surface area contributed by atoms with Gasteiger partial charge in [0.25, 0.3) is 0 Å². The fourth-order valence-corrected chi connectivity index (χ4v) is 2.14. The third-order valence-corrected chi connectivity index (χ3v) is 3.03. The van der Waals surface area contributed by atoms with Gasteiger partial charge in [-0.05, 0) is 38.1 Å². The van der Waals surface area contributed by atoms with Crippen molar-refractivity contribution in [2.45, 2.75) is 39.7 Å². The van der Waals surface area contributed by atoms with E-state index in [4.69, 9.17) is 21.1 Å². The standard InChI is InChI=1S/C15H24ClNO2/c1-4-6-7-8-19-15-13(16)9-12(11-17-3)10-14(15)18-5-2/h9-10,17H,4-8,11H2,1-3H3. The first-order valence-electron chi connectivity index (χ1n) is 6.95. The van der Waals surface area contributed by atoms with E-state index in [0.29, 0.717) is 24.0 Å². The molecule has 0 atom stereocenters. The fourth-order valence-electron chi connectivity index (χ4n) is 1.86. The van der Waals surface area contributed by atoms with Gasteiger partial charge in [-0.3, -0.25) is 0 Å². The molecule has 0 heterocycles. The summed E-state index contributed by atoms with van der Waals surface area (Å²) in [6.07, 6.45) is 3.38. The van der Waals surface area contributed by atoms with Crippen LogP contribution in [0, 0.1) is 0 Å². The lowest BCUT2D eigenvalue weighted by molar-refractivity contribution is 0.271. The maximum absolute atomic E-state index is 6.29. The molecular weight excluding hydrogens is 262 g/mol. The second-order valence-corrected chi connectivity index (χ2v) is 4.83. The predicted molar refractivity (Wildman–Crippen MR) is 80.4 cm³/mol. The molecule has 19 heavy (non-hydrogen) atoms. The zero-order valence-electron chi connectivity index (χ0n) is 12.1. The molecular formula is C15H24ClNO2. The van der Waals surface area contributed by atoms with Crippen molar-refractivity contribution in [2.24, 2.45) is 0 Å². The maximum Gasteiger partial charge on any atom is 0.179 e. The van der Waals surface area contributed by atoms with Gasteiger partial charge >= 0.3 is 0 Å². The second kappa shape index (κ2) is 9.05. The van der Waals surface area contributed by atoms with Crippen molar-refractivity contribution in [3.63, 3.8) is 0 Å². The Hall–Kier alpha value is -0.930. The minimum Gasteiger partial charge on any atom is -0.490 e. The third-order valence-electron chi connectivity index (χ3n) is 2.74. The van der Waals surface area contributed by atoms with Crippen LogP contribution >= 0.6 is 11.6 Å². The first kappa shape index (κ1) is 16.1. The molecule has 0 aromatic heterocycles. The van der Waals surface area contributed by atoms with Gasteiger partial charge in [-0.25, -0.2) is 0 Å². The number of halogens is 1. The number of hydrogen-bond donors (Lipinski definition) is 1. The van der Waals surface area contributed by atoms with Gasteiger partial charge in [0.15, 0.2) is 11.5 Å². The predicted octanol–water partition coefficient (Wildman–Crippen LogP) is 4.03. The first-order valence-corrected chi connectivity index (χ1v) is 7.33. The van der Waals surface area contributed by atoms with Crippen molar-refractivity contribution < 1.29 is 9.47 Å². The maximum atomic E-state index is 6.29. The van der Waals surface area contributed by atoms with E-state index >= 15 is 0 Å². The molecule has 0 aliphatic rings. The van der Waals surface area contributed by atoms with Gasteiger partial charge in [0.1, 0.15) is 0 Å². The number of unbranched alkanes of at least 4 members (excludes halogenated alkanes) is 2. The Balaban J connectivity index is 2.81. The molecule has 3 nitrogen and oxygen atoms in total. The smallest absolute Gasteiger partial charge is 0.179 e. The Bertz CT molecular complexity index is 383. The summed E-state index contributed by atoms with van der Waals surface area (Å²) in [6, 6.07) is 3.91. The van der Waals surface area contributed by atoms with Crippen LogP contribution in [0.1, 0.15) is 38.7 Å². The minimum atomic E-state index is 0.602. The lowest BCUT2D eigenvalue weighted by Gasteiger charge is -2.15. The van der Waals surface area contributed by atoms with E-state index in [-0.39, 0.29) is 0 Å². The summed E-state index contributed by atoms with van der Waals surface area (Å²) in [5, 5.41) is 3.72. The number of hydrogen-bond acceptors (Lipinski definition) is 3. The molecule has 0 unspecified atom stereocenters. The zero-order valence-corrected chi connectivity index (χ0v) is 12.8. The number of ether oxygens (including phenoxy) is 2. The molecule has 0 spiro atoms. The van der Waals surface area contributed by atoms with E-state index in [9.17, 15) is 0 Å². The molecule has 1 N–H and O–H groups in total. The number of rotatable bonds is 9. The van der Waals surface area contributed by atoms with Gasteiger partial charge in [0.05, 0.1) is 18.2 Å². The molecule has 1 rings (SSSR count). The molecule has 4 heteroatoms. The minimum absolute atomic E-state index is 0.602. The molecule has 0 aliphatic carbocycles. The van der Waals surface area contributed by atoms with Crippen molar-refractivity contribution in [2.75, 3.05) is 20.3 Å². The van der Waals surface area contributed by atoms with Crippen LogP contribution in [0.15, 0.2) is 12.1 Å². The zero-order chi connectivity index (χ0) is 14.1. The van der Waals surface area contributed by atoms with Crippen LogP contribution in [0.2, 0.25) is 5.02 Å². The largest absolute Gasteiger partial charge is 0.490 e. The average molecular weight is 286 g/mol. The van der Waals surface area contributed by atoms with E-state index in [1.807, 2.05) is 26.1 Å². The van der Waals surface area contributed by atoms with E-state index in [2.05, 4.69) is 12.2 Å². The highest BCUT2D eigenvalue weighted by molar-refractivity contribution is 6.32. The van der Waals surface area contributed by atoms with Crippen LogP contribution in [0.4, 0.5) is 0 Å². The highest BCUT2D eigenvalue weighted by Gasteiger charge is 2.12. The van der Waals surface area contributed by atoms with E-state index in [1.165, 1.54) is 12.8 Å². The molecule has 108 valence electrons. The summed E-state index contributed by atoms with van der Waals surface area (Å²) in [5.41, 5.74) is 1.09. The van der Waals surface area contributed by atoms with Crippen LogP contribution in [0.25, 0.3) is 0 Å². The molecule has 0 bridgehead atoms. The van der Waals surface area contributed by atoms with Crippen molar-refractivity contribution in [3.05, 3.63) is 22.7 Å². The highest BCUT2D eigenvalue weighted by atomic mass is 35.5. The molecule has 0 fully saturated rings. The van der Waals surface area contributed by atoms with Crippen molar-refractivity contribution >= 4 is 11.6 Å². The van der Waals surface area contributed by atoms with Gasteiger partial charge in [-0.15, -0.1) is 0 Å². The third kappa shape index (κ3) is 5.29. The van der Waals surface area contributed by atoms with Crippen molar-refractivity contribution in [1.82, 2.24) is 5.32 Å². The second-order valence-electron chi connectivity index (χ2n) is 4.42. The normalized spacial score (nSPS) is 10.5. The van der Waals surface area contributed by atoms with Crippen LogP contribution in [0.3, 0.4) is 0 Å². The van der Waals surface area contributed by atoms with E-state index < -0.39 is 0 Å². The lowest BCUT2D eigenvalue weighted by atomic mass is 10.2. The molecule has 0 radical (unpaired) electrons. The van der Waals surface area contributed by atoms with Gasteiger partial charge in [-0.1, -0.05) is 31.4 Å². The Morgan fingerprint density at radius 2 is 1.95 bits per heavy atom. The summed E-state index contributed by atoms with van der Waals surface area (Å²) in [7, 11) is 1.91. The van der Waals surface area contributed by atoms with Crippen molar-refractivity contribution in [3.8, 4) is 11.5 Å². The Morgan fingerprint density at radius 1 is 1.16 bits per heavy atom. The molecule has 1 aromatic rings. The molecule has 0 amide bonds. The molecule has 0 aliphatic heterocycles. The number of nitrogens with one attached hydrogen (secondary N) is 1. The van der Waals surface area contributed by atoms with Crippen LogP contribution < -0.4 is 14.8 Å². The van der Waals surface area contributed by atoms with E-state index in [1.54, 1.807) is 0 Å². The molecule has 1 aromatic carbocycles. The van der Waals surface area contributed by atoms with E-state index in [0.717, 1.165) is 24.3 Å². The average Bonchev–Trinajstić information content (AvgIpc) is 2.38. The molecule has 0 saturated heterocycles. The highest BCUT2D eigenvalue weighted by Crippen LogP contribution is 2.36. The van der Waals surface area contributed by atoms with Crippen LogP contribution in [-0.2, 0) is 6.54 Å². The fraction of sp³-hybridized carbons (Fsp3) is 0.600. The van der Waals surface area contributed by atoms with Gasteiger partial charge < -0.3 is 14.8 Å².